The highest BCUT2D eigenvalue weighted by Gasteiger charge is 2.35. The van der Waals surface area contributed by atoms with Gasteiger partial charge in [-0.3, -0.25) is 14.9 Å². The topological polar surface area (TPSA) is 124 Å². The second-order valence-corrected chi connectivity index (χ2v) is 14.2. The van der Waals surface area contributed by atoms with Gasteiger partial charge in [-0.15, -0.1) is 16.9 Å². The minimum absolute atomic E-state index is 0.162. The van der Waals surface area contributed by atoms with E-state index in [0.29, 0.717) is 46.7 Å². The number of halogens is 1. The number of nitrogens with zero attached hydrogens (tertiary/aromatic N) is 5. The maximum atomic E-state index is 10.2. The molecule has 10 nitrogen and oxygen atoms in total. The van der Waals surface area contributed by atoms with Crippen molar-refractivity contribution in [3.8, 4) is 12.1 Å². The van der Waals surface area contributed by atoms with Gasteiger partial charge in [-0.2, -0.15) is 10.5 Å². The Labute approximate surface area is 288 Å². The van der Waals surface area contributed by atoms with E-state index in [1.54, 1.807) is 6.20 Å². The highest BCUT2D eigenvalue weighted by atomic mass is 35.5. The summed E-state index contributed by atoms with van der Waals surface area (Å²) in [6.45, 7) is 3.62. The number of hydrogen-bond donors (Lipinski definition) is 4. The van der Waals surface area contributed by atoms with Gasteiger partial charge in [0.15, 0.2) is 0 Å². The first-order valence-corrected chi connectivity index (χ1v) is 17.8. The predicted molar refractivity (Wildman–Crippen MR) is 188 cm³/mol. The molecule has 8 rings (SSSR count). The minimum atomic E-state index is -0.178. The zero-order chi connectivity index (χ0) is 32.6. The molecule has 0 spiro atoms. The van der Waals surface area contributed by atoms with Gasteiger partial charge in [-0.25, -0.2) is 0 Å². The molecule has 4 N–H and O–H groups in total. The van der Waals surface area contributed by atoms with Crippen LogP contribution < -0.4 is 21.6 Å². The fourth-order valence-electron chi connectivity index (χ4n) is 6.86. The van der Waals surface area contributed by atoms with E-state index in [1.807, 2.05) is 53.8 Å². The lowest BCUT2D eigenvalue weighted by atomic mass is 9.95. The third-order valence-electron chi connectivity index (χ3n) is 9.74. The van der Waals surface area contributed by atoms with Crippen LogP contribution in [0.4, 0.5) is 11.4 Å². The van der Waals surface area contributed by atoms with Crippen molar-refractivity contribution in [3.63, 3.8) is 0 Å². The number of nitrogens with one attached hydrogen (secondary N) is 4. The van der Waals surface area contributed by atoms with Gasteiger partial charge in [0, 0.05) is 53.9 Å². The van der Waals surface area contributed by atoms with Crippen LogP contribution >= 0.6 is 22.9 Å². The second-order valence-electron chi connectivity index (χ2n) is 12.9. The lowest BCUT2D eigenvalue weighted by Gasteiger charge is -2.39. The number of nitriles is 2. The zero-order valence-corrected chi connectivity index (χ0v) is 27.9. The van der Waals surface area contributed by atoms with Gasteiger partial charge >= 0.3 is 0 Å². The number of fused-ring (bicyclic) bond motifs is 2. The van der Waals surface area contributed by atoms with Crippen LogP contribution in [0.5, 0.6) is 0 Å². The SMILES string of the molecule is N#CCC[C@@H](Nc1c(C#N)cnc2c(Cl)cc(N[C@H](C3=CN(C4CC4)NN3)c3csc4c3CCN(C3COC3)C4)cc12)c1ccccc1. The van der Waals surface area contributed by atoms with Crippen LogP contribution in [0.3, 0.4) is 0 Å². The Morgan fingerprint density at radius 1 is 1.12 bits per heavy atom. The van der Waals surface area contributed by atoms with Crippen LogP contribution in [0.1, 0.15) is 64.9 Å². The molecule has 244 valence electrons. The van der Waals surface area contributed by atoms with Crippen LogP contribution in [-0.2, 0) is 17.7 Å². The van der Waals surface area contributed by atoms with E-state index >= 15 is 0 Å². The van der Waals surface area contributed by atoms with Crippen molar-refractivity contribution in [2.45, 2.75) is 62.8 Å². The normalized spacial score (nSPS) is 19.0. The fraction of sp³-hybridized carbons (Fsp3) is 0.361. The van der Waals surface area contributed by atoms with Crippen molar-refractivity contribution in [3.05, 3.63) is 98.1 Å². The quantitative estimate of drug-likeness (QED) is 0.140. The number of pyridine rings is 1. The molecular weight excluding hydrogens is 642 g/mol. The van der Waals surface area contributed by atoms with E-state index in [0.717, 1.165) is 55.1 Å². The first kappa shape index (κ1) is 30.9. The van der Waals surface area contributed by atoms with E-state index in [9.17, 15) is 10.5 Å². The molecule has 4 aromatic rings. The third-order valence-corrected chi connectivity index (χ3v) is 11.1. The van der Waals surface area contributed by atoms with E-state index < -0.39 is 0 Å². The molecule has 1 saturated heterocycles. The monoisotopic (exact) mass is 677 g/mol. The van der Waals surface area contributed by atoms with Crippen molar-refractivity contribution < 1.29 is 4.74 Å². The molecule has 5 heterocycles. The Bertz CT molecular complexity index is 1940. The summed E-state index contributed by atoms with van der Waals surface area (Å²) in [7, 11) is 0. The molecule has 0 bridgehead atoms. The molecular formula is C36H36ClN9OS. The first-order valence-electron chi connectivity index (χ1n) is 16.5. The minimum Gasteiger partial charge on any atom is -0.378 e. The van der Waals surface area contributed by atoms with Crippen LogP contribution in [-0.4, -0.2) is 46.7 Å². The maximum absolute atomic E-state index is 10.2. The highest BCUT2D eigenvalue weighted by molar-refractivity contribution is 7.10. The Hall–Kier alpha value is -4.36. The van der Waals surface area contributed by atoms with E-state index in [1.165, 1.54) is 28.8 Å². The molecule has 48 heavy (non-hydrogen) atoms. The van der Waals surface area contributed by atoms with Crippen molar-refractivity contribution in [1.29, 1.82) is 10.5 Å². The Morgan fingerprint density at radius 2 is 1.98 bits per heavy atom. The average molecular weight is 678 g/mol. The predicted octanol–water partition coefficient (Wildman–Crippen LogP) is 6.52. The Morgan fingerprint density at radius 3 is 2.73 bits per heavy atom. The second kappa shape index (κ2) is 13.3. The van der Waals surface area contributed by atoms with Gasteiger partial charge in [0.25, 0.3) is 0 Å². The molecule has 1 aliphatic carbocycles. The van der Waals surface area contributed by atoms with Crippen molar-refractivity contribution >= 4 is 45.2 Å². The first-order chi connectivity index (χ1) is 23.6. The molecule has 2 aromatic carbocycles. The van der Waals surface area contributed by atoms with Crippen LogP contribution in [0.2, 0.25) is 5.02 Å². The lowest BCUT2D eigenvalue weighted by Crippen LogP contribution is -2.50. The van der Waals surface area contributed by atoms with Gasteiger partial charge in [-0.05, 0) is 59.9 Å². The van der Waals surface area contributed by atoms with Gasteiger partial charge in [0.1, 0.15) is 6.07 Å². The molecule has 4 aliphatic rings. The molecule has 0 unspecified atom stereocenters. The summed E-state index contributed by atoms with van der Waals surface area (Å²) in [6.07, 6.45) is 8.05. The van der Waals surface area contributed by atoms with Crippen LogP contribution in [0.25, 0.3) is 10.9 Å². The van der Waals surface area contributed by atoms with Gasteiger partial charge in [0.2, 0.25) is 0 Å². The molecule has 2 atom stereocenters. The number of thiophene rings is 1. The molecule has 0 amide bonds. The van der Waals surface area contributed by atoms with Gasteiger partial charge in [0.05, 0.1) is 64.9 Å². The summed E-state index contributed by atoms with van der Waals surface area (Å²) in [6, 6.07) is 19.3. The number of benzene rings is 2. The number of ether oxygens (including phenoxy) is 1. The number of aromatic nitrogens is 1. The maximum Gasteiger partial charge on any atom is 0.103 e. The third kappa shape index (κ3) is 6.05. The van der Waals surface area contributed by atoms with Crippen molar-refractivity contribution in [1.82, 2.24) is 25.9 Å². The molecule has 2 aromatic heterocycles. The molecule has 3 aliphatic heterocycles. The molecule has 12 heteroatoms. The lowest BCUT2D eigenvalue weighted by molar-refractivity contribution is -0.0691. The summed E-state index contributed by atoms with van der Waals surface area (Å²) in [5.41, 5.74) is 14.1. The number of hydrazine groups is 2. The summed E-state index contributed by atoms with van der Waals surface area (Å²) < 4.78 is 5.49. The van der Waals surface area contributed by atoms with Crippen LogP contribution in [0.15, 0.2) is 65.9 Å². The highest BCUT2D eigenvalue weighted by Crippen LogP contribution is 2.41. The van der Waals surface area contributed by atoms with E-state index in [4.69, 9.17) is 16.3 Å². The van der Waals surface area contributed by atoms with Gasteiger partial charge in [-0.1, -0.05) is 41.9 Å². The number of hydrogen-bond acceptors (Lipinski definition) is 11. The molecule has 1 saturated carbocycles. The summed E-state index contributed by atoms with van der Waals surface area (Å²) in [5, 5.41) is 32.8. The molecule has 2 fully saturated rings. The van der Waals surface area contributed by atoms with Crippen LogP contribution in [0, 0.1) is 22.7 Å². The standard InChI is InChI=1S/C36H36ClN9OS/c37-30-14-24(13-28-34(23(15-39)16-40-35(28)30)42-31(7-4-11-38)22-5-2-1-3-6-22)41-36(32-17-46(44-43-32)25-8-9-25)29-21-48-33-18-45(12-10-27(29)33)26-19-47-20-26/h1-3,5-6,13-14,16-17,21,25-26,31,36,41,43-44H,4,7-10,12,18-20H2,(H,40,42)/t31-,36+/m1/s1. The van der Waals surface area contributed by atoms with Gasteiger partial charge < -0.3 is 20.8 Å². The van der Waals surface area contributed by atoms with Crippen molar-refractivity contribution in [2.24, 2.45) is 0 Å². The average Bonchev–Trinajstić information content (AvgIpc) is 3.67. The Balaban J connectivity index is 1.17. The number of rotatable bonds is 11. The van der Waals surface area contributed by atoms with E-state index in [-0.39, 0.29) is 12.1 Å². The molecule has 0 radical (unpaired) electrons. The summed E-state index contributed by atoms with van der Waals surface area (Å²) in [4.78, 5) is 8.57. The summed E-state index contributed by atoms with van der Waals surface area (Å²) in [5.74, 6) is 0. The smallest absolute Gasteiger partial charge is 0.103 e. The fourth-order valence-corrected chi connectivity index (χ4v) is 8.28. The number of anilines is 2. The Kier molecular flexibility index (Phi) is 8.55. The summed E-state index contributed by atoms with van der Waals surface area (Å²) >= 11 is 8.80. The largest absolute Gasteiger partial charge is 0.378 e. The zero-order valence-electron chi connectivity index (χ0n) is 26.4. The van der Waals surface area contributed by atoms with Crippen molar-refractivity contribution in [2.75, 3.05) is 30.4 Å². The van der Waals surface area contributed by atoms with E-state index in [2.05, 4.69) is 60.2 Å².